The summed E-state index contributed by atoms with van der Waals surface area (Å²) in [6, 6.07) is 7.73. The van der Waals surface area contributed by atoms with E-state index in [0.29, 0.717) is 18.0 Å². The zero-order valence-corrected chi connectivity index (χ0v) is 15.2. The molecule has 0 bridgehead atoms. The van der Waals surface area contributed by atoms with Crippen LogP contribution in [0.15, 0.2) is 28.7 Å². The third-order valence-corrected chi connectivity index (χ3v) is 4.70. The van der Waals surface area contributed by atoms with E-state index >= 15 is 0 Å². The molecule has 0 unspecified atom stereocenters. The zero-order valence-electron chi connectivity index (χ0n) is 15.2. The van der Waals surface area contributed by atoms with Crippen molar-refractivity contribution in [1.82, 2.24) is 15.1 Å². The van der Waals surface area contributed by atoms with E-state index in [1.807, 2.05) is 31.2 Å². The molecule has 0 radical (unpaired) electrons. The molecule has 2 heterocycles. The second-order valence-corrected chi connectivity index (χ2v) is 6.82. The Morgan fingerprint density at radius 3 is 2.72 bits per heavy atom. The molecular formula is C19H27N3O3. The van der Waals surface area contributed by atoms with Gasteiger partial charge in [-0.2, -0.15) is 0 Å². The molecule has 1 aromatic heterocycles. The summed E-state index contributed by atoms with van der Waals surface area (Å²) in [4.78, 5) is 17.4. The Hall–Kier alpha value is -1.89. The predicted octanol–water partition coefficient (Wildman–Crippen LogP) is 1.94. The summed E-state index contributed by atoms with van der Waals surface area (Å²) in [6.07, 6.45) is 0. The number of hydrogen-bond acceptors (Lipinski definition) is 5. The van der Waals surface area contributed by atoms with Gasteiger partial charge in [0.05, 0.1) is 6.61 Å². The summed E-state index contributed by atoms with van der Waals surface area (Å²) in [5.74, 6) is 0.179. The maximum Gasteiger partial charge on any atom is 0.287 e. The van der Waals surface area contributed by atoms with E-state index in [0.717, 1.165) is 43.7 Å². The highest BCUT2D eigenvalue weighted by molar-refractivity contribution is 5.99. The molecule has 136 valence electrons. The van der Waals surface area contributed by atoms with Crippen LogP contribution in [0.25, 0.3) is 11.0 Å². The van der Waals surface area contributed by atoms with Gasteiger partial charge in [0.25, 0.3) is 5.91 Å². The van der Waals surface area contributed by atoms with Gasteiger partial charge >= 0.3 is 0 Å². The highest BCUT2D eigenvalue weighted by Gasteiger charge is 2.23. The van der Waals surface area contributed by atoms with Gasteiger partial charge in [-0.1, -0.05) is 18.2 Å². The molecule has 6 nitrogen and oxygen atoms in total. The average Bonchev–Trinajstić information content (AvgIpc) is 2.96. The van der Waals surface area contributed by atoms with Crippen molar-refractivity contribution in [2.75, 3.05) is 46.9 Å². The van der Waals surface area contributed by atoms with Crippen molar-refractivity contribution in [1.29, 1.82) is 0 Å². The Morgan fingerprint density at radius 1 is 1.28 bits per heavy atom. The van der Waals surface area contributed by atoms with E-state index in [2.05, 4.69) is 22.2 Å². The molecule has 0 spiro atoms. The number of para-hydroxylation sites is 1. The fraction of sp³-hybridized carbons (Fsp3) is 0.526. The largest absolute Gasteiger partial charge is 0.451 e. The summed E-state index contributed by atoms with van der Waals surface area (Å²) >= 11 is 0. The smallest absolute Gasteiger partial charge is 0.287 e. The first-order valence-electron chi connectivity index (χ1n) is 8.79. The number of piperazine rings is 1. The van der Waals surface area contributed by atoms with Gasteiger partial charge < -0.3 is 19.4 Å². The number of nitrogens with one attached hydrogen (secondary N) is 1. The first-order chi connectivity index (χ1) is 12.1. The lowest BCUT2D eigenvalue weighted by molar-refractivity contribution is 0.0883. The van der Waals surface area contributed by atoms with Gasteiger partial charge in [0.15, 0.2) is 5.76 Å². The van der Waals surface area contributed by atoms with Gasteiger partial charge in [0.2, 0.25) is 0 Å². The Balaban J connectivity index is 1.68. The van der Waals surface area contributed by atoms with E-state index in [-0.39, 0.29) is 11.9 Å². The molecular weight excluding hydrogens is 318 g/mol. The zero-order chi connectivity index (χ0) is 17.8. The summed E-state index contributed by atoms with van der Waals surface area (Å²) in [6.45, 7) is 7.46. The van der Waals surface area contributed by atoms with Gasteiger partial charge in [0, 0.05) is 56.8 Å². The molecule has 6 heteroatoms. The van der Waals surface area contributed by atoms with Gasteiger partial charge in [-0.3, -0.25) is 9.69 Å². The first-order valence-corrected chi connectivity index (χ1v) is 8.79. The Labute approximate surface area is 148 Å². The van der Waals surface area contributed by atoms with E-state index in [9.17, 15) is 4.79 Å². The monoisotopic (exact) mass is 345 g/mol. The van der Waals surface area contributed by atoms with Crippen molar-refractivity contribution >= 4 is 16.9 Å². The fourth-order valence-corrected chi connectivity index (χ4v) is 3.32. The normalized spacial score (nSPS) is 17.7. The molecule has 1 aliphatic heterocycles. The summed E-state index contributed by atoms with van der Waals surface area (Å²) in [5.41, 5.74) is 1.52. The molecule has 1 amide bonds. The highest BCUT2D eigenvalue weighted by Crippen LogP contribution is 2.26. The van der Waals surface area contributed by atoms with Crippen molar-refractivity contribution in [3.05, 3.63) is 35.6 Å². The maximum atomic E-state index is 12.7. The van der Waals surface area contributed by atoms with Crippen molar-refractivity contribution < 1.29 is 13.9 Å². The lowest BCUT2D eigenvalue weighted by Crippen LogP contribution is -2.49. The molecule has 1 N–H and O–H groups in total. The Morgan fingerprint density at radius 2 is 2.00 bits per heavy atom. The summed E-state index contributed by atoms with van der Waals surface area (Å²) < 4.78 is 11.1. The molecule has 0 aliphatic carbocycles. The van der Waals surface area contributed by atoms with Crippen LogP contribution in [0, 0.1) is 0 Å². The molecule has 25 heavy (non-hydrogen) atoms. The number of amides is 1. The van der Waals surface area contributed by atoms with E-state index < -0.39 is 0 Å². The lowest BCUT2D eigenvalue weighted by atomic mass is 10.1. The van der Waals surface area contributed by atoms with Crippen molar-refractivity contribution in [3.8, 4) is 0 Å². The molecule has 1 aromatic carbocycles. The Kier molecular flexibility index (Phi) is 5.73. The minimum absolute atomic E-state index is 0.0551. The van der Waals surface area contributed by atoms with Crippen LogP contribution in [0.2, 0.25) is 0 Å². The van der Waals surface area contributed by atoms with Crippen LogP contribution < -0.4 is 5.32 Å². The second-order valence-electron chi connectivity index (χ2n) is 6.82. The van der Waals surface area contributed by atoms with Crippen LogP contribution in [0.5, 0.6) is 0 Å². The molecule has 1 atom stereocenters. The number of likely N-dealkylation sites (N-methyl/N-ethyl adjacent to an activating group) is 1. The third-order valence-electron chi connectivity index (χ3n) is 4.70. The SMILES string of the molecule is COCc1c(C(=O)N[C@H](C)CN2CCN(C)CC2)oc2ccccc12. The number of nitrogens with zero attached hydrogens (tertiary/aromatic N) is 2. The third kappa shape index (κ3) is 4.21. The number of methoxy groups -OCH3 is 1. The Bertz CT molecular complexity index is 720. The maximum absolute atomic E-state index is 12.7. The van der Waals surface area contributed by atoms with Gasteiger partial charge in [-0.25, -0.2) is 0 Å². The molecule has 2 aromatic rings. The number of carbonyl (C=O) groups is 1. The molecule has 3 rings (SSSR count). The number of rotatable bonds is 6. The summed E-state index contributed by atoms with van der Waals surface area (Å²) in [7, 11) is 3.76. The van der Waals surface area contributed by atoms with Crippen molar-refractivity contribution in [3.63, 3.8) is 0 Å². The van der Waals surface area contributed by atoms with Crippen LogP contribution >= 0.6 is 0 Å². The standard InChI is InChI=1S/C19H27N3O3/c1-14(12-22-10-8-21(2)9-11-22)20-19(23)18-16(13-24-3)15-6-4-5-7-17(15)25-18/h4-7,14H,8-13H2,1-3H3,(H,20,23)/t14-/m1/s1. The quantitative estimate of drug-likeness (QED) is 0.867. The van der Waals surface area contributed by atoms with Crippen LogP contribution in [-0.2, 0) is 11.3 Å². The number of carbonyl (C=O) groups excluding carboxylic acids is 1. The van der Waals surface area contributed by atoms with Crippen LogP contribution in [0.4, 0.5) is 0 Å². The molecule has 0 saturated carbocycles. The lowest BCUT2D eigenvalue weighted by Gasteiger charge is -2.33. The molecule has 1 saturated heterocycles. The molecule has 1 aliphatic rings. The minimum atomic E-state index is -0.176. The topological polar surface area (TPSA) is 58.0 Å². The van der Waals surface area contributed by atoms with Gasteiger partial charge in [-0.05, 0) is 20.0 Å². The van der Waals surface area contributed by atoms with E-state index in [1.54, 1.807) is 7.11 Å². The number of benzene rings is 1. The highest BCUT2D eigenvalue weighted by atomic mass is 16.5. The van der Waals surface area contributed by atoms with Crippen LogP contribution in [0.1, 0.15) is 23.0 Å². The number of fused-ring (bicyclic) bond motifs is 1. The van der Waals surface area contributed by atoms with Crippen molar-refractivity contribution in [2.45, 2.75) is 19.6 Å². The number of ether oxygens (including phenoxy) is 1. The minimum Gasteiger partial charge on any atom is -0.451 e. The fourth-order valence-electron chi connectivity index (χ4n) is 3.32. The van der Waals surface area contributed by atoms with Crippen molar-refractivity contribution in [2.24, 2.45) is 0 Å². The van der Waals surface area contributed by atoms with E-state index in [4.69, 9.17) is 9.15 Å². The van der Waals surface area contributed by atoms with Gasteiger partial charge in [-0.15, -0.1) is 0 Å². The van der Waals surface area contributed by atoms with E-state index in [1.165, 1.54) is 0 Å². The average molecular weight is 345 g/mol. The second kappa shape index (κ2) is 7.99. The first kappa shape index (κ1) is 17.9. The predicted molar refractivity (Wildman–Crippen MR) is 97.8 cm³/mol. The van der Waals surface area contributed by atoms with Crippen LogP contribution in [0.3, 0.4) is 0 Å². The van der Waals surface area contributed by atoms with Gasteiger partial charge in [0.1, 0.15) is 5.58 Å². The number of furan rings is 1. The number of hydrogen-bond donors (Lipinski definition) is 1. The molecule has 1 fully saturated rings. The summed E-state index contributed by atoms with van der Waals surface area (Å²) in [5, 5.41) is 4.00. The van der Waals surface area contributed by atoms with Crippen LogP contribution in [-0.4, -0.2) is 68.6 Å².